The van der Waals surface area contributed by atoms with Gasteiger partial charge in [0.25, 0.3) is 0 Å². The highest BCUT2D eigenvalue weighted by atomic mass is 35.5. The van der Waals surface area contributed by atoms with Gasteiger partial charge in [-0.25, -0.2) is 0 Å². The number of nitrogens with zero attached hydrogens (tertiary/aromatic N) is 1. The number of halogens is 1. The topological polar surface area (TPSA) is 46.3 Å². The number of carbonyl (C=O) groups excluding carboxylic acids is 1. The molecule has 0 fully saturated rings. The van der Waals surface area contributed by atoms with Crippen molar-refractivity contribution in [2.75, 3.05) is 18.8 Å². The number of nitrogen functional groups attached to an aromatic ring is 1. The summed E-state index contributed by atoms with van der Waals surface area (Å²) in [6, 6.07) is 5.45. The summed E-state index contributed by atoms with van der Waals surface area (Å²) in [4.78, 5) is 14.9. The third kappa shape index (κ3) is 3.82. The summed E-state index contributed by atoms with van der Waals surface area (Å²) in [5.41, 5.74) is 6.21. The van der Waals surface area contributed by atoms with Crippen LogP contribution in [0.1, 0.15) is 20.8 Å². The van der Waals surface area contributed by atoms with Crippen LogP contribution < -0.4 is 5.73 Å². The molecule has 0 saturated carbocycles. The fourth-order valence-electron chi connectivity index (χ4n) is 1.63. The lowest BCUT2D eigenvalue weighted by molar-refractivity contribution is -0.129. The van der Waals surface area contributed by atoms with Crippen molar-refractivity contribution in [1.29, 1.82) is 0 Å². The van der Waals surface area contributed by atoms with Crippen molar-refractivity contribution in [3.8, 4) is 0 Å². The Morgan fingerprint density at radius 2 is 2.06 bits per heavy atom. The van der Waals surface area contributed by atoms with E-state index >= 15 is 0 Å². The molecular formula is C13H19ClN2OS. The number of anilines is 1. The molecule has 0 saturated heterocycles. The summed E-state index contributed by atoms with van der Waals surface area (Å²) in [5.74, 6) is 0.151. The van der Waals surface area contributed by atoms with Crippen molar-refractivity contribution < 1.29 is 4.79 Å². The smallest absolute Gasteiger partial charge is 0.235 e. The van der Waals surface area contributed by atoms with Crippen molar-refractivity contribution >= 4 is 35.0 Å². The summed E-state index contributed by atoms with van der Waals surface area (Å²) < 4.78 is 0. The van der Waals surface area contributed by atoms with E-state index in [1.54, 1.807) is 12.1 Å². The molecule has 18 heavy (non-hydrogen) atoms. The van der Waals surface area contributed by atoms with E-state index < -0.39 is 0 Å². The second-order valence-corrected chi connectivity index (χ2v) is 5.78. The highest BCUT2D eigenvalue weighted by Gasteiger charge is 2.19. The average molecular weight is 287 g/mol. The second-order valence-electron chi connectivity index (χ2n) is 3.95. The number of thioether (sulfide) groups is 1. The molecule has 0 aromatic heterocycles. The lowest BCUT2D eigenvalue weighted by atomic mass is 10.3. The number of carbonyl (C=O) groups is 1. The summed E-state index contributed by atoms with van der Waals surface area (Å²) >= 11 is 7.46. The molecule has 0 radical (unpaired) electrons. The van der Waals surface area contributed by atoms with Gasteiger partial charge >= 0.3 is 0 Å². The highest BCUT2D eigenvalue weighted by Crippen LogP contribution is 2.29. The molecule has 0 aliphatic rings. The third-order valence-electron chi connectivity index (χ3n) is 2.71. The molecule has 1 aromatic carbocycles. The predicted molar refractivity (Wildman–Crippen MR) is 79.1 cm³/mol. The van der Waals surface area contributed by atoms with Crippen LogP contribution in [0.25, 0.3) is 0 Å². The minimum Gasteiger partial charge on any atom is -0.398 e. The Kier molecular flexibility index (Phi) is 5.82. The molecular weight excluding hydrogens is 268 g/mol. The van der Waals surface area contributed by atoms with Crippen LogP contribution in [0.4, 0.5) is 5.69 Å². The Bertz CT molecular complexity index is 421. The summed E-state index contributed by atoms with van der Waals surface area (Å²) in [6.07, 6.45) is 0. The Morgan fingerprint density at radius 1 is 1.44 bits per heavy atom. The molecule has 1 unspecified atom stereocenters. The van der Waals surface area contributed by atoms with Gasteiger partial charge in [0.15, 0.2) is 0 Å². The van der Waals surface area contributed by atoms with Crippen LogP contribution in [0.15, 0.2) is 23.1 Å². The maximum Gasteiger partial charge on any atom is 0.235 e. The van der Waals surface area contributed by atoms with Crippen LogP contribution >= 0.6 is 23.4 Å². The van der Waals surface area contributed by atoms with Crippen LogP contribution in [0.2, 0.25) is 5.02 Å². The van der Waals surface area contributed by atoms with Crippen molar-refractivity contribution in [2.24, 2.45) is 0 Å². The van der Waals surface area contributed by atoms with Gasteiger partial charge in [-0.1, -0.05) is 11.6 Å². The molecule has 0 bridgehead atoms. The van der Waals surface area contributed by atoms with E-state index in [4.69, 9.17) is 17.3 Å². The van der Waals surface area contributed by atoms with Crippen LogP contribution in [0.3, 0.4) is 0 Å². The zero-order valence-electron chi connectivity index (χ0n) is 10.9. The molecule has 0 aliphatic heterocycles. The van der Waals surface area contributed by atoms with Gasteiger partial charge in [0, 0.05) is 18.0 Å². The maximum absolute atomic E-state index is 12.1. The van der Waals surface area contributed by atoms with Crippen molar-refractivity contribution in [2.45, 2.75) is 30.9 Å². The van der Waals surface area contributed by atoms with Crippen LogP contribution in [0, 0.1) is 0 Å². The van der Waals surface area contributed by atoms with Gasteiger partial charge < -0.3 is 10.6 Å². The standard InChI is InChI=1S/C13H19ClN2OS/c1-4-16(5-2)13(17)9(3)18-10-6-7-12(15)11(14)8-10/h6-9H,4-5,15H2,1-3H3. The summed E-state index contributed by atoms with van der Waals surface area (Å²) in [6.45, 7) is 7.36. The first-order valence-electron chi connectivity index (χ1n) is 6.00. The fourth-order valence-corrected chi connectivity index (χ4v) is 2.86. The largest absolute Gasteiger partial charge is 0.398 e. The van der Waals surface area contributed by atoms with Gasteiger partial charge in [-0.3, -0.25) is 4.79 Å². The number of benzene rings is 1. The molecule has 5 heteroatoms. The average Bonchev–Trinajstić information content (AvgIpc) is 2.35. The SMILES string of the molecule is CCN(CC)C(=O)C(C)Sc1ccc(N)c(Cl)c1. The van der Waals surface area contributed by atoms with E-state index in [0.29, 0.717) is 10.7 Å². The van der Waals surface area contributed by atoms with Crippen molar-refractivity contribution in [1.82, 2.24) is 4.90 Å². The lowest BCUT2D eigenvalue weighted by Gasteiger charge is -2.22. The monoisotopic (exact) mass is 286 g/mol. The minimum atomic E-state index is -0.121. The van der Waals surface area contributed by atoms with Gasteiger partial charge in [-0.05, 0) is 39.0 Å². The third-order valence-corrected chi connectivity index (χ3v) is 4.12. The lowest BCUT2D eigenvalue weighted by Crippen LogP contribution is -2.36. The fraction of sp³-hybridized carbons (Fsp3) is 0.462. The Labute approximate surface area is 118 Å². The number of amides is 1. The van der Waals surface area contributed by atoms with E-state index in [0.717, 1.165) is 18.0 Å². The van der Waals surface area contributed by atoms with Crippen LogP contribution in [-0.4, -0.2) is 29.1 Å². The summed E-state index contributed by atoms with van der Waals surface area (Å²) in [5, 5.41) is 0.409. The number of nitrogens with two attached hydrogens (primary N) is 1. The van der Waals surface area contributed by atoms with E-state index in [1.807, 2.05) is 31.7 Å². The van der Waals surface area contributed by atoms with Gasteiger partial charge in [0.1, 0.15) is 0 Å². The first-order valence-corrected chi connectivity index (χ1v) is 7.25. The second kappa shape index (κ2) is 6.90. The number of hydrogen-bond donors (Lipinski definition) is 1. The maximum atomic E-state index is 12.1. The zero-order chi connectivity index (χ0) is 13.7. The van der Waals surface area contributed by atoms with Crippen molar-refractivity contribution in [3.05, 3.63) is 23.2 Å². The quantitative estimate of drug-likeness (QED) is 0.667. The molecule has 3 nitrogen and oxygen atoms in total. The van der Waals surface area contributed by atoms with Gasteiger partial charge in [-0.2, -0.15) is 0 Å². The molecule has 1 atom stereocenters. The number of hydrogen-bond acceptors (Lipinski definition) is 3. The molecule has 2 N–H and O–H groups in total. The normalized spacial score (nSPS) is 12.2. The van der Waals surface area contributed by atoms with E-state index in [1.165, 1.54) is 11.8 Å². The molecule has 0 heterocycles. The first-order chi connectivity index (χ1) is 8.49. The summed E-state index contributed by atoms with van der Waals surface area (Å²) in [7, 11) is 0. The van der Waals surface area contributed by atoms with Crippen LogP contribution in [-0.2, 0) is 4.79 Å². The Balaban J connectivity index is 2.71. The van der Waals surface area contributed by atoms with E-state index in [2.05, 4.69) is 0 Å². The zero-order valence-corrected chi connectivity index (χ0v) is 12.5. The van der Waals surface area contributed by atoms with Crippen molar-refractivity contribution in [3.63, 3.8) is 0 Å². The van der Waals surface area contributed by atoms with Gasteiger partial charge in [0.2, 0.25) is 5.91 Å². The number of rotatable bonds is 5. The van der Waals surface area contributed by atoms with E-state index in [-0.39, 0.29) is 11.2 Å². The molecule has 1 aromatic rings. The minimum absolute atomic E-state index is 0.121. The molecule has 0 aliphatic carbocycles. The van der Waals surface area contributed by atoms with E-state index in [9.17, 15) is 4.79 Å². The highest BCUT2D eigenvalue weighted by molar-refractivity contribution is 8.00. The Morgan fingerprint density at radius 3 is 2.56 bits per heavy atom. The molecule has 1 amide bonds. The molecule has 100 valence electrons. The first kappa shape index (κ1) is 15.2. The predicted octanol–water partition coefficient (Wildman–Crippen LogP) is 3.27. The van der Waals surface area contributed by atoms with Gasteiger partial charge in [0.05, 0.1) is 16.0 Å². The van der Waals surface area contributed by atoms with Gasteiger partial charge in [-0.15, -0.1) is 11.8 Å². The Hall–Kier alpha value is -0.870. The molecule has 1 rings (SSSR count). The molecule has 0 spiro atoms. The van der Waals surface area contributed by atoms with Crippen LogP contribution in [0.5, 0.6) is 0 Å².